The predicted molar refractivity (Wildman–Crippen MR) is 72.2 cm³/mol. The molecule has 1 rings (SSSR count). The number of carbonyl (C=O) groups is 2. The van der Waals surface area contributed by atoms with Gasteiger partial charge in [0.15, 0.2) is 0 Å². The number of hydrogen-bond donors (Lipinski definition) is 1. The van der Waals surface area contributed by atoms with E-state index in [9.17, 15) is 9.59 Å². The van der Waals surface area contributed by atoms with Crippen LogP contribution in [0.25, 0.3) is 0 Å². The van der Waals surface area contributed by atoms with Gasteiger partial charge < -0.3 is 19.9 Å². The Morgan fingerprint density at radius 1 is 1.30 bits per heavy atom. The number of carbonyl (C=O) groups excluding carboxylic acids is 2. The van der Waals surface area contributed by atoms with Crippen LogP contribution in [0.2, 0.25) is 0 Å². The van der Waals surface area contributed by atoms with Crippen molar-refractivity contribution < 1.29 is 23.8 Å². The lowest BCUT2D eigenvalue weighted by atomic mass is 10.0. The van der Waals surface area contributed by atoms with Crippen molar-refractivity contribution in [1.29, 1.82) is 0 Å². The maximum atomic E-state index is 11.3. The molecule has 0 saturated heterocycles. The van der Waals surface area contributed by atoms with Gasteiger partial charge in [0, 0.05) is 12.5 Å². The van der Waals surface area contributed by atoms with E-state index in [2.05, 4.69) is 4.74 Å². The van der Waals surface area contributed by atoms with E-state index < -0.39 is 12.0 Å². The summed E-state index contributed by atoms with van der Waals surface area (Å²) in [6.45, 7) is 1.45. The second-order valence-corrected chi connectivity index (χ2v) is 4.26. The number of nitrogens with two attached hydrogens (primary N) is 1. The number of esters is 2. The topological polar surface area (TPSA) is 87.8 Å². The Balaban J connectivity index is 2.85. The Hall–Kier alpha value is -2.08. The molecule has 6 heteroatoms. The van der Waals surface area contributed by atoms with Gasteiger partial charge in [-0.1, -0.05) is 6.07 Å². The molecule has 0 saturated carbocycles. The summed E-state index contributed by atoms with van der Waals surface area (Å²) < 4.78 is 14.7. The fourth-order valence-electron chi connectivity index (χ4n) is 1.74. The van der Waals surface area contributed by atoms with Gasteiger partial charge in [0.05, 0.1) is 14.2 Å². The first-order valence-electron chi connectivity index (χ1n) is 6.10. The molecule has 0 aliphatic rings. The van der Waals surface area contributed by atoms with Gasteiger partial charge in [-0.05, 0) is 24.1 Å². The van der Waals surface area contributed by atoms with E-state index >= 15 is 0 Å². The van der Waals surface area contributed by atoms with Crippen LogP contribution < -0.4 is 10.5 Å². The first kappa shape index (κ1) is 16.0. The maximum absolute atomic E-state index is 11.3. The second kappa shape index (κ2) is 7.49. The molecular weight excluding hydrogens is 262 g/mol. The fraction of sp³-hybridized carbons (Fsp3) is 0.429. The van der Waals surface area contributed by atoms with Crippen molar-refractivity contribution >= 4 is 11.9 Å². The molecule has 0 aliphatic carbocycles. The van der Waals surface area contributed by atoms with Crippen LogP contribution >= 0.6 is 0 Å². The van der Waals surface area contributed by atoms with E-state index in [0.29, 0.717) is 12.2 Å². The van der Waals surface area contributed by atoms with Crippen molar-refractivity contribution in [1.82, 2.24) is 0 Å². The highest BCUT2D eigenvalue weighted by Crippen LogP contribution is 2.21. The van der Waals surface area contributed by atoms with Crippen molar-refractivity contribution in [2.24, 2.45) is 5.73 Å². The summed E-state index contributed by atoms with van der Waals surface area (Å²) in [4.78, 5) is 22.2. The molecule has 2 N–H and O–H groups in total. The van der Waals surface area contributed by atoms with Crippen LogP contribution in [0.15, 0.2) is 18.2 Å². The molecule has 0 heterocycles. The third-order valence-electron chi connectivity index (χ3n) is 2.74. The van der Waals surface area contributed by atoms with Crippen LogP contribution in [-0.4, -0.2) is 32.2 Å². The lowest BCUT2D eigenvalue weighted by Gasteiger charge is -2.13. The van der Waals surface area contributed by atoms with Crippen LogP contribution in [0.1, 0.15) is 18.1 Å². The highest BCUT2D eigenvalue weighted by Gasteiger charge is 2.15. The molecule has 1 aromatic carbocycles. The minimum atomic E-state index is -0.727. The summed E-state index contributed by atoms with van der Waals surface area (Å²) in [5.41, 5.74) is 7.27. The number of ether oxygens (including phenoxy) is 3. The minimum absolute atomic E-state index is 0.111. The molecule has 0 fully saturated rings. The monoisotopic (exact) mass is 281 g/mol. The van der Waals surface area contributed by atoms with Gasteiger partial charge in [-0.2, -0.15) is 0 Å². The quantitative estimate of drug-likeness (QED) is 0.776. The van der Waals surface area contributed by atoms with Gasteiger partial charge in [0.2, 0.25) is 0 Å². The van der Waals surface area contributed by atoms with E-state index in [0.717, 1.165) is 11.1 Å². The standard InChI is InChI=1S/C14H19NO5/c1-9(16)20-8-11-6-10(4-5-13(11)18-2)7-12(15)14(17)19-3/h4-6,12H,7-8,15H2,1-3H3. The van der Waals surface area contributed by atoms with Gasteiger partial charge in [-0.15, -0.1) is 0 Å². The highest BCUT2D eigenvalue weighted by molar-refractivity contribution is 5.75. The normalized spacial score (nSPS) is 11.6. The predicted octanol–water partition coefficient (Wildman–Crippen LogP) is 0.801. The van der Waals surface area contributed by atoms with Crippen molar-refractivity contribution in [3.63, 3.8) is 0 Å². The SMILES string of the molecule is COC(=O)C(N)Cc1ccc(OC)c(COC(C)=O)c1. The Morgan fingerprint density at radius 3 is 2.55 bits per heavy atom. The molecule has 1 aromatic rings. The number of methoxy groups -OCH3 is 2. The van der Waals surface area contributed by atoms with E-state index in [1.165, 1.54) is 21.1 Å². The van der Waals surface area contributed by atoms with Crippen molar-refractivity contribution in [2.75, 3.05) is 14.2 Å². The molecule has 1 unspecified atom stereocenters. The lowest BCUT2D eigenvalue weighted by Crippen LogP contribution is -2.33. The van der Waals surface area contributed by atoms with Crippen LogP contribution in [0, 0.1) is 0 Å². The number of rotatable bonds is 6. The van der Waals surface area contributed by atoms with Crippen LogP contribution in [0.4, 0.5) is 0 Å². The molecule has 0 amide bonds. The molecule has 6 nitrogen and oxygen atoms in total. The van der Waals surface area contributed by atoms with Gasteiger partial charge in [0.25, 0.3) is 0 Å². The molecule has 1 atom stereocenters. The molecular formula is C14H19NO5. The first-order valence-corrected chi connectivity index (χ1v) is 6.10. The molecule has 0 aromatic heterocycles. The lowest BCUT2D eigenvalue weighted by molar-refractivity contribution is -0.143. The Kier molecular flexibility index (Phi) is 5.99. The average Bonchev–Trinajstić information content (AvgIpc) is 2.44. The molecule has 0 aliphatic heterocycles. The van der Waals surface area contributed by atoms with E-state index in [1.54, 1.807) is 18.2 Å². The summed E-state index contributed by atoms with van der Waals surface area (Å²) >= 11 is 0. The van der Waals surface area contributed by atoms with Crippen LogP contribution in [0.5, 0.6) is 5.75 Å². The third-order valence-corrected chi connectivity index (χ3v) is 2.74. The van der Waals surface area contributed by atoms with E-state index in [1.807, 2.05) is 0 Å². The maximum Gasteiger partial charge on any atom is 0.322 e. The highest BCUT2D eigenvalue weighted by atomic mass is 16.5. The fourth-order valence-corrected chi connectivity index (χ4v) is 1.74. The first-order chi connectivity index (χ1) is 9.47. The zero-order valence-corrected chi connectivity index (χ0v) is 11.8. The minimum Gasteiger partial charge on any atom is -0.496 e. The van der Waals surface area contributed by atoms with Gasteiger partial charge >= 0.3 is 11.9 Å². The zero-order chi connectivity index (χ0) is 15.1. The van der Waals surface area contributed by atoms with Crippen LogP contribution in [0.3, 0.4) is 0 Å². The Morgan fingerprint density at radius 2 is 2.00 bits per heavy atom. The van der Waals surface area contributed by atoms with Gasteiger partial charge in [-0.3, -0.25) is 9.59 Å². The molecule has 0 spiro atoms. The smallest absolute Gasteiger partial charge is 0.322 e. The summed E-state index contributed by atoms with van der Waals surface area (Å²) in [6, 6.07) is 4.62. The Labute approximate surface area is 117 Å². The third kappa shape index (κ3) is 4.55. The van der Waals surface area contributed by atoms with E-state index in [-0.39, 0.29) is 12.6 Å². The zero-order valence-electron chi connectivity index (χ0n) is 11.8. The second-order valence-electron chi connectivity index (χ2n) is 4.26. The largest absolute Gasteiger partial charge is 0.496 e. The summed E-state index contributed by atoms with van der Waals surface area (Å²) in [6.07, 6.45) is 0.337. The van der Waals surface area contributed by atoms with Crippen molar-refractivity contribution in [3.05, 3.63) is 29.3 Å². The number of hydrogen-bond acceptors (Lipinski definition) is 6. The Bertz CT molecular complexity index is 486. The van der Waals surface area contributed by atoms with Crippen molar-refractivity contribution in [2.45, 2.75) is 26.0 Å². The average molecular weight is 281 g/mol. The molecule has 110 valence electrons. The van der Waals surface area contributed by atoms with Crippen molar-refractivity contribution in [3.8, 4) is 5.75 Å². The number of benzene rings is 1. The van der Waals surface area contributed by atoms with Gasteiger partial charge in [-0.25, -0.2) is 0 Å². The van der Waals surface area contributed by atoms with Crippen LogP contribution in [-0.2, 0) is 32.1 Å². The van der Waals surface area contributed by atoms with Gasteiger partial charge in [0.1, 0.15) is 18.4 Å². The van der Waals surface area contributed by atoms with E-state index in [4.69, 9.17) is 15.2 Å². The summed E-state index contributed by atoms with van der Waals surface area (Å²) in [5, 5.41) is 0. The summed E-state index contributed by atoms with van der Waals surface area (Å²) in [5.74, 6) is -0.229. The summed E-state index contributed by atoms with van der Waals surface area (Å²) in [7, 11) is 2.83. The molecule has 0 radical (unpaired) electrons. The molecule has 20 heavy (non-hydrogen) atoms. The molecule has 0 bridgehead atoms.